The van der Waals surface area contributed by atoms with Crippen LogP contribution in [0.2, 0.25) is 26.2 Å². The summed E-state index contributed by atoms with van der Waals surface area (Å²) in [4.78, 5) is 0. The molecule has 200 valence electrons. The monoisotopic (exact) mass is 558 g/mol. The van der Waals surface area contributed by atoms with Gasteiger partial charge in [0.1, 0.15) is 0 Å². The lowest BCUT2D eigenvalue weighted by atomic mass is 10.8. The second-order valence-corrected chi connectivity index (χ2v) is 18.0. The highest BCUT2D eigenvalue weighted by atomic mass is 31.2. The summed E-state index contributed by atoms with van der Waals surface area (Å²) in [5.74, 6) is 0. The molecule has 0 radical (unpaired) electrons. The third-order valence-corrected chi connectivity index (χ3v) is 14.5. The lowest BCUT2D eigenvalue weighted by Crippen LogP contribution is -2.47. The van der Waals surface area contributed by atoms with Crippen molar-refractivity contribution >= 4 is 32.8 Å². The molecule has 0 aliphatic carbocycles. The van der Waals surface area contributed by atoms with E-state index in [-0.39, 0.29) is 52.9 Å². The van der Waals surface area contributed by atoms with E-state index in [0.29, 0.717) is 0 Å². The van der Waals surface area contributed by atoms with Crippen molar-refractivity contribution in [3.8, 4) is 0 Å². The standard InChI is InChI=1S/C16H40O13P2Si2/c1-19-9-13-23-30(17,24-14-10-20-2)27-32(5,6)29-33(7,8)28-31(18,25-15-11-21-3)26-16-12-22-4/h9-16H2,1-8H3. The molecule has 0 unspecified atom stereocenters. The van der Waals surface area contributed by atoms with Crippen molar-refractivity contribution in [3.63, 3.8) is 0 Å². The maximum Gasteiger partial charge on any atom is 0.466 e. The Kier molecular flexibility index (Phi) is 17.2. The van der Waals surface area contributed by atoms with E-state index in [2.05, 4.69) is 0 Å². The maximum absolute atomic E-state index is 13.1. The van der Waals surface area contributed by atoms with Gasteiger partial charge in [-0.3, -0.25) is 18.1 Å². The van der Waals surface area contributed by atoms with Crippen LogP contribution in [0, 0.1) is 0 Å². The predicted octanol–water partition coefficient (Wildman–Crippen LogP) is 3.31. The van der Waals surface area contributed by atoms with Crippen LogP contribution in [0.4, 0.5) is 0 Å². The Morgan fingerprint density at radius 2 is 0.727 bits per heavy atom. The molecule has 33 heavy (non-hydrogen) atoms. The molecule has 0 N–H and O–H groups in total. The molecule has 0 atom stereocenters. The van der Waals surface area contributed by atoms with Gasteiger partial charge in [0.05, 0.1) is 52.9 Å². The first kappa shape index (κ1) is 33.5. The molecule has 0 aliphatic heterocycles. The fourth-order valence-corrected chi connectivity index (χ4v) is 14.5. The summed E-state index contributed by atoms with van der Waals surface area (Å²) in [6, 6.07) is 0. The van der Waals surface area contributed by atoms with Crippen molar-refractivity contribution in [2.75, 3.05) is 81.3 Å². The maximum atomic E-state index is 13.1. The molecule has 0 saturated heterocycles. The zero-order valence-corrected chi connectivity index (χ0v) is 24.6. The van der Waals surface area contributed by atoms with Crippen molar-refractivity contribution in [3.05, 3.63) is 0 Å². The van der Waals surface area contributed by atoms with Gasteiger partial charge >= 0.3 is 32.8 Å². The van der Waals surface area contributed by atoms with E-state index >= 15 is 0 Å². The summed E-state index contributed by atoms with van der Waals surface area (Å²) in [5.41, 5.74) is 0. The second-order valence-electron chi connectivity index (χ2n) is 7.28. The number of hydrogen-bond donors (Lipinski definition) is 0. The average molecular weight is 559 g/mol. The topological polar surface area (TPSA) is 136 Å². The van der Waals surface area contributed by atoms with E-state index in [4.69, 9.17) is 49.6 Å². The van der Waals surface area contributed by atoms with Crippen LogP contribution >= 0.6 is 15.6 Å². The minimum Gasteiger partial charge on any atom is -0.414 e. The van der Waals surface area contributed by atoms with Gasteiger partial charge < -0.3 is 31.5 Å². The molecule has 0 aromatic carbocycles. The number of methoxy groups -OCH3 is 4. The first-order valence-electron chi connectivity index (χ1n) is 10.2. The minimum absolute atomic E-state index is 0.0154. The third-order valence-electron chi connectivity index (χ3n) is 3.30. The molecule has 0 heterocycles. The Hall–Kier alpha value is 0.454. The number of hydrogen-bond acceptors (Lipinski definition) is 13. The molecule has 0 saturated carbocycles. The first-order chi connectivity index (χ1) is 15.4. The highest BCUT2D eigenvalue weighted by Gasteiger charge is 2.47. The van der Waals surface area contributed by atoms with Crippen LogP contribution in [-0.2, 0) is 58.7 Å². The van der Waals surface area contributed by atoms with Crippen molar-refractivity contribution in [1.29, 1.82) is 0 Å². The van der Waals surface area contributed by atoms with E-state index < -0.39 is 32.8 Å². The Bertz CT molecular complexity index is 531. The molecule has 0 bridgehead atoms. The van der Waals surface area contributed by atoms with E-state index in [1.54, 1.807) is 26.2 Å². The summed E-state index contributed by atoms with van der Waals surface area (Å²) >= 11 is 0. The van der Waals surface area contributed by atoms with E-state index in [1.807, 2.05) is 0 Å². The fourth-order valence-electron chi connectivity index (χ4n) is 2.28. The Morgan fingerprint density at radius 3 is 0.939 bits per heavy atom. The van der Waals surface area contributed by atoms with Gasteiger partial charge in [0.2, 0.25) is 0 Å². The molecular formula is C16H40O13P2Si2. The SMILES string of the molecule is COCCOP(=O)(OCCOC)O[Si](C)(C)O[Si](C)(C)OP(=O)(OCCOC)OCCOC. The molecule has 0 rings (SSSR count). The van der Waals surface area contributed by atoms with Crippen LogP contribution in [0.15, 0.2) is 0 Å². The number of phosphoric ester groups is 2. The van der Waals surface area contributed by atoms with E-state index in [0.717, 1.165) is 0 Å². The van der Waals surface area contributed by atoms with Crippen LogP contribution < -0.4 is 0 Å². The molecule has 0 aliphatic rings. The smallest absolute Gasteiger partial charge is 0.414 e. The summed E-state index contributed by atoms with van der Waals surface area (Å²) in [7, 11) is -8.50. The number of ether oxygens (including phenoxy) is 4. The summed E-state index contributed by atoms with van der Waals surface area (Å²) in [6.45, 7) is 7.25. The molecule has 13 nitrogen and oxygen atoms in total. The Labute approximate surface area is 199 Å². The molecule has 0 fully saturated rings. The van der Waals surface area contributed by atoms with Crippen LogP contribution in [0.3, 0.4) is 0 Å². The number of phosphoric acid groups is 2. The van der Waals surface area contributed by atoms with Crippen LogP contribution in [-0.4, -0.2) is 98.4 Å². The van der Waals surface area contributed by atoms with Crippen molar-refractivity contribution < 1.29 is 58.7 Å². The minimum atomic E-state index is -4.00. The molecule has 0 aromatic heterocycles. The molecular weight excluding hydrogens is 518 g/mol. The molecule has 17 heteroatoms. The summed E-state index contributed by atoms with van der Waals surface area (Å²) in [6.07, 6.45) is 0. The zero-order valence-electron chi connectivity index (χ0n) is 20.9. The van der Waals surface area contributed by atoms with Gasteiger partial charge in [-0.25, -0.2) is 9.13 Å². The van der Waals surface area contributed by atoms with Gasteiger partial charge in [0, 0.05) is 28.4 Å². The highest BCUT2D eigenvalue weighted by Crippen LogP contribution is 2.54. The van der Waals surface area contributed by atoms with E-state index in [1.165, 1.54) is 28.4 Å². The second kappa shape index (κ2) is 17.0. The summed E-state index contributed by atoms with van der Waals surface area (Å²) in [5, 5.41) is 0. The highest BCUT2D eigenvalue weighted by molar-refractivity contribution is 7.51. The number of rotatable bonds is 22. The van der Waals surface area contributed by atoms with Crippen LogP contribution in [0.5, 0.6) is 0 Å². The van der Waals surface area contributed by atoms with Crippen molar-refractivity contribution in [2.24, 2.45) is 0 Å². The van der Waals surface area contributed by atoms with E-state index in [9.17, 15) is 9.13 Å². The lowest BCUT2D eigenvalue weighted by Gasteiger charge is -2.35. The molecule has 0 aromatic rings. The van der Waals surface area contributed by atoms with Crippen molar-refractivity contribution in [2.45, 2.75) is 26.2 Å². The molecule has 0 amide bonds. The van der Waals surface area contributed by atoms with Gasteiger partial charge in [-0.1, -0.05) is 0 Å². The molecule has 0 spiro atoms. The van der Waals surface area contributed by atoms with Gasteiger partial charge in [-0.15, -0.1) is 0 Å². The third kappa shape index (κ3) is 16.7. The van der Waals surface area contributed by atoms with Gasteiger partial charge in [-0.05, 0) is 26.2 Å². The quantitative estimate of drug-likeness (QED) is 0.109. The van der Waals surface area contributed by atoms with Gasteiger partial charge in [0.15, 0.2) is 0 Å². The first-order valence-corrected chi connectivity index (χ1v) is 18.8. The van der Waals surface area contributed by atoms with Crippen LogP contribution in [0.1, 0.15) is 0 Å². The Balaban J connectivity index is 5.32. The average Bonchev–Trinajstić information content (AvgIpc) is 2.67. The van der Waals surface area contributed by atoms with Gasteiger partial charge in [-0.2, -0.15) is 0 Å². The Morgan fingerprint density at radius 1 is 0.485 bits per heavy atom. The van der Waals surface area contributed by atoms with Crippen molar-refractivity contribution in [1.82, 2.24) is 0 Å². The zero-order chi connectivity index (χ0) is 25.4. The normalized spacial score (nSPS) is 13.6. The van der Waals surface area contributed by atoms with Crippen LogP contribution in [0.25, 0.3) is 0 Å². The summed E-state index contributed by atoms with van der Waals surface area (Å²) < 4.78 is 84.8. The lowest BCUT2D eigenvalue weighted by molar-refractivity contribution is 0.0786. The van der Waals surface area contributed by atoms with Gasteiger partial charge in [0.25, 0.3) is 0 Å². The fraction of sp³-hybridized carbons (Fsp3) is 1.00. The largest absolute Gasteiger partial charge is 0.466 e. The predicted molar refractivity (Wildman–Crippen MR) is 125 cm³/mol.